The molecule has 0 aliphatic carbocycles. The van der Waals surface area contributed by atoms with Gasteiger partial charge in [0.1, 0.15) is 0 Å². The number of amides is 1. The summed E-state index contributed by atoms with van der Waals surface area (Å²) < 4.78 is 0.904. The normalized spacial score (nSPS) is 10.3. The van der Waals surface area contributed by atoms with Crippen molar-refractivity contribution in [2.24, 2.45) is 0 Å². The van der Waals surface area contributed by atoms with Gasteiger partial charge in [0.25, 0.3) is 0 Å². The Hall–Kier alpha value is -1.36. The van der Waals surface area contributed by atoms with Gasteiger partial charge in [-0.1, -0.05) is 51.3 Å². The average molecular weight is 401 g/mol. The monoisotopic (exact) mass is 399 g/mol. The molecule has 0 aromatic heterocycles. The molecule has 0 unspecified atom stereocenters. The minimum Gasteiger partial charge on any atom is -0.326 e. The lowest BCUT2D eigenvalue weighted by Gasteiger charge is -2.06. The van der Waals surface area contributed by atoms with Crippen LogP contribution < -0.4 is 5.32 Å². The summed E-state index contributed by atoms with van der Waals surface area (Å²) in [6.45, 7) is 0. The van der Waals surface area contributed by atoms with Gasteiger partial charge in [0.2, 0.25) is 5.91 Å². The summed E-state index contributed by atoms with van der Waals surface area (Å²) >= 11 is 15.0. The van der Waals surface area contributed by atoms with Crippen LogP contribution in [0.25, 0.3) is 0 Å². The Morgan fingerprint density at radius 3 is 2.27 bits per heavy atom. The fourth-order valence-corrected chi connectivity index (χ4v) is 2.37. The predicted octanol–water partition coefficient (Wildman–Crippen LogP) is 5.36. The molecule has 0 fully saturated rings. The standard InChI is InChI=1S/C16H12BrCl2NO2/c17-11-3-1-10(2-4-11)15(21)7-8-16(22)20-12-5-6-13(18)14(19)9-12/h1-6,9H,7-8H2,(H,20,22). The first-order valence-corrected chi connectivity index (χ1v) is 8.04. The maximum atomic E-state index is 12.0. The third-order valence-electron chi connectivity index (χ3n) is 2.95. The van der Waals surface area contributed by atoms with Crippen molar-refractivity contribution in [3.63, 3.8) is 0 Å². The molecule has 0 atom stereocenters. The molecule has 2 aromatic carbocycles. The maximum absolute atomic E-state index is 12.0. The molecule has 0 aliphatic rings. The highest BCUT2D eigenvalue weighted by Gasteiger charge is 2.10. The highest BCUT2D eigenvalue weighted by Crippen LogP contribution is 2.25. The molecule has 1 N–H and O–H groups in total. The zero-order valence-electron chi connectivity index (χ0n) is 11.4. The Kier molecular flexibility index (Phi) is 6.00. The summed E-state index contributed by atoms with van der Waals surface area (Å²) in [5, 5.41) is 3.47. The van der Waals surface area contributed by atoms with E-state index in [2.05, 4.69) is 21.2 Å². The molecule has 2 rings (SSSR count). The lowest BCUT2D eigenvalue weighted by Crippen LogP contribution is -2.13. The summed E-state index contributed by atoms with van der Waals surface area (Å²) in [5.74, 6) is -0.319. The fourth-order valence-electron chi connectivity index (χ4n) is 1.80. The molecule has 0 heterocycles. The lowest BCUT2D eigenvalue weighted by atomic mass is 10.1. The van der Waals surface area contributed by atoms with E-state index in [1.165, 1.54) is 0 Å². The third kappa shape index (κ3) is 4.83. The summed E-state index contributed by atoms with van der Waals surface area (Å²) in [7, 11) is 0. The molecule has 114 valence electrons. The van der Waals surface area contributed by atoms with Crippen molar-refractivity contribution in [1.82, 2.24) is 0 Å². The molecule has 0 saturated heterocycles. The molecule has 0 spiro atoms. The number of hydrogen-bond donors (Lipinski definition) is 1. The average Bonchev–Trinajstić information content (AvgIpc) is 2.49. The zero-order chi connectivity index (χ0) is 16.1. The summed E-state index contributed by atoms with van der Waals surface area (Å²) in [6, 6.07) is 11.9. The number of halogens is 3. The number of benzene rings is 2. The Bertz CT molecular complexity index is 702. The largest absolute Gasteiger partial charge is 0.326 e. The van der Waals surface area contributed by atoms with Gasteiger partial charge in [-0.2, -0.15) is 0 Å². The van der Waals surface area contributed by atoms with Crippen molar-refractivity contribution in [3.05, 3.63) is 62.5 Å². The van der Waals surface area contributed by atoms with Gasteiger partial charge in [-0.15, -0.1) is 0 Å². The molecule has 0 aliphatic heterocycles. The van der Waals surface area contributed by atoms with Crippen LogP contribution in [-0.2, 0) is 4.79 Å². The quantitative estimate of drug-likeness (QED) is 0.686. The van der Waals surface area contributed by atoms with Crippen LogP contribution >= 0.6 is 39.1 Å². The first-order valence-electron chi connectivity index (χ1n) is 6.49. The van der Waals surface area contributed by atoms with Crippen LogP contribution in [0.3, 0.4) is 0 Å². The molecule has 6 heteroatoms. The number of carbonyl (C=O) groups is 2. The SMILES string of the molecule is O=C(CCC(=O)c1ccc(Br)cc1)Nc1ccc(Cl)c(Cl)c1. The minimum atomic E-state index is -0.246. The molecule has 1 amide bonds. The van der Waals surface area contributed by atoms with Crippen molar-refractivity contribution >= 4 is 56.5 Å². The Morgan fingerprint density at radius 2 is 1.64 bits per heavy atom. The van der Waals surface area contributed by atoms with Crippen molar-refractivity contribution in [2.45, 2.75) is 12.8 Å². The summed E-state index contributed by atoms with van der Waals surface area (Å²) in [5.41, 5.74) is 1.14. The number of ketones is 1. The first-order chi connectivity index (χ1) is 10.5. The topological polar surface area (TPSA) is 46.2 Å². The third-order valence-corrected chi connectivity index (χ3v) is 4.22. The van der Waals surface area contributed by atoms with Gasteiger partial charge < -0.3 is 5.32 Å². The van der Waals surface area contributed by atoms with Crippen LogP contribution in [0.2, 0.25) is 10.0 Å². The van der Waals surface area contributed by atoms with Crippen molar-refractivity contribution < 1.29 is 9.59 Å². The van der Waals surface area contributed by atoms with Crippen LogP contribution in [-0.4, -0.2) is 11.7 Å². The highest BCUT2D eigenvalue weighted by atomic mass is 79.9. The van der Waals surface area contributed by atoms with E-state index in [0.29, 0.717) is 21.3 Å². The number of anilines is 1. The number of hydrogen-bond acceptors (Lipinski definition) is 2. The highest BCUT2D eigenvalue weighted by molar-refractivity contribution is 9.10. The van der Waals surface area contributed by atoms with Gasteiger partial charge in [-0.3, -0.25) is 9.59 Å². The lowest BCUT2D eigenvalue weighted by molar-refractivity contribution is -0.116. The van der Waals surface area contributed by atoms with E-state index >= 15 is 0 Å². The number of Topliss-reactive ketones (excluding diaryl/α,β-unsaturated/α-hetero) is 1. The molecule has 0 radical (unpaired) electrons. The first kappa shape index (κ1) is 17.0. The van der Waals surface area contributed by atoms with Crippen LogP contribution in [0.4, 0.5) is 5.69 Å². The van der Waals surface area contributed by atoms with Crippen LogP contribution in [0.1, 0.15) is 23.2 Å². The zero-order valence-corrected chi connectivity index (χ0v) is 14.5. The minimum absolute atomic E-state index is 0.0724. The Balaban J connectivity index is 1.88. The predicted molar refractivity (Wildman–Crippen MR) is 92.8 cm³/mol. The van der Waals surface area contributed by atoms with E-state index in [0.717, 1.165) is 4.47 Å². The van der Waals surface area contributed by atoms with E-state index in [1.807, 2.05) is 0 Å². The van der Waals surface area contributed by atoms with Gasteiger partial charge in [0.05, 0.1) is 10.0 Å². The maximum Gasteiger partial charge on any atom is 0.224 e. The van der Waals surface area contributed by atoms with Gasteiger partial charge >= 0.3 is 0 Å². The molecule has 0 saturated carbocycles. The summed E-state index contributed by atoms with van der Waals surface area (Å²) in [6.07, 6.45) is 0.254. The second-order valence-electron chi connectivity index (χ2n) is 4.61. The van der Waals surface area contributed by atoms with E-state index in [4.69, 9.17) is 23.2 Å². The molecular weight excluding hydrogens is 389 g/mol. The van der Waals surface area contributed by atoms with Crippen molar-refractivity contribution in [3.8, 4) is 0 Å². The molecule has 22 heavy (non-hydrogen) atoms. The van der Waals surface area contributed by atoms with E-state index in [1.54, 1.807) is 42.5 Å². The number of carbonyl (C=O) groups excluding carboxylic acids is 2. The van der Waals surface area contributed by atoms with Crippen LogP contribution in [0, 0.1) is 0 Å². The van der Waals surface area contributed by atoms with Crippen molar-refractivity contribution in [1.29, 1.82) is 0 Å². The van der Waals surface area contributed by atoms with Gasteiger partial charge in [0, 0.05) is 28.6 Å². The molecule has 0 bridgehead atoms. The smallest absolute Gasteiger partial charge is 0.224 e. The van der Waals surface area contributed by atoms with Gasteiger partial charge in [-0.05, 0) is 30.3 Å². The van der Waals surface area contributed by atoms with E-state index in [-0.39, 0.29) is 24.5 Å². The van der Waals surface area contributed by atoms with E-state index < -0.39 is 0 Å². The Morgan fingerprint density at radius 1 is 0.955 bits per heavy atom. The molecular formula is C16H12BrCl2NO2. The molecule has 2 aromatic rings. The van der Waals surface area contributed by atoms with E-state index in [9.17, 15) is 9.59 Å². The number of rotatable bonds is 5. The van der Waals surface area contributed by atoms with Crippen LogP contribution in [0.15, 0.2) is 46.9 Å². The molecule has 3 nitrogen and oxygen atoms in total. The van der Waals surface area contributed by atoms with Gasteiger partial charge in [-0.25, -0.2) is 0 Å². The second kappa shape index (κ2) is 7.77. The van der Waals surface area contributed by atoms with Crippen LogP contribution in [0.5, 0.6) is 0 Å². The summed E-state index contributed by atoms with van der Waals surface area (Å²) in [4.78, 5) is 23.8. The number of nitrogens with one attached hydrogen (secondary N) is 1. The Labute approximate surface area is 146 Å². The fraction of sp³-hybridized carbons (Fsp3) is 0.125. The second-order valence-corrected chi connectivity index (χ2v) is 6.34. The van der Waals surface area contributed by atoms with Crippen molar-refractivity contribution in [2.75, 3.05) is 5.32 Å². The van der Waals surface area contributed by atoms with Gasteiger partial charge in [0.15, 0.2) is 5.78 Å².